The molecule has 0 saturated carbocycles. The number of carbonyl (C=O) groups is 1. The molecule has 0 heterocycles. The number of hydrogen-bond donors (Lipinski definition) is 1. The first-order chi connectivity index (χ1) is 9.74. The quantitative estimate of drug-likeness (QED) is 0.504. The van der Waals surface area contributed by atoms with E-state index in [1.165, 1.54) is 32.1 Å². The molecule has 0 aromatic heterocycles. The summed E-state index contributed by atoms with van der Waals surface area (Å²) in [5.74, 6) is -0.200. The highest BCUT2D eigenvalue weighted by Crippen LogP contribution is 2.20. The van der Waals surface area contributed by atoms with Gasteiger partial charge in [-0.15, -0.1) is 0 Å². The minimum absolute atomic E-state index is 0.685. The van der Waals surface area contributed by atoms with Crippen molar-refractivity contribution in [3.8, 4) is 5.75 Å². The molecule has 0 aliphatic carbocycles. The van der Waals surface area contributed by atoms with E-state index in [2.05, 4.69) is 6.92 Å². The van der Waals surface area contributed by atoms with Gasteiger partial charge < -0.3 is 9.84 Å². The van der Waals surface area contributed by atoms with Crippen LogP contribution in [-0.4, -0.2) is 17.7 Å². The third-order valence-electron chi connectivity index (χ3n) is 3.08. The first-order valence-corrected chi connectivity index (χ1v) is 7.37. The van der Waals surface area contributed by atoms with Crippen LogP contribution in [0.4, 0.5) is 0 Å². The summed E-state index contributed by atoms with van der Waals surface area (Å²) >= 11 is 0. The Morgan fingerprint density at radius 3 is 2.60 bits per heavy atom. The number of unbranched alkanes of at least 4 members (excludes halogenated alkanes) is 5. The highest BCUT2D eigenvalue weighted by atomic mass is 16.5. The van der Waals surface area contributed by atoms with Crippen molar-refractivity contribution in [1.29, 1.82) is 0 Å². The summed E-state index contributed by atoms with van der Waals surface area (Å²) in [6.07, 6.45) is 10.1. The lowest BCUT2D eigenvalue weighted by Gasteiger charge is -2.09. The summed E-state index contributed by atoms with van der Waals surface area (Å²) in [7, 11) is 0. The molecule has 3 heteroatoms. The topological polar surface area (TPSA) is 46.5 Å². The van der Waals surface area contributed by atoms with E-state index in [1.807, 2.05) is 24.3 Å². The molecular formula is C17H24O3. The molecular weight excluding hydrogens is 252 g/mol. The number of aliphatic carboxylic acids is 1. The lowest BCUT2D eigenvalue weighted by atomic mass is 10.1. The molecule has 1 rings (SSSR count). The van der Waals surface area contributed by atoms with Crippen LogP contribution < -0.4 is 4.74 Å². The van der Waals surface area contributed by atoms with Crippen LogP contribution in [0.15, 0.2) is 30.3 Å². The van der Waals surface area contributed by atoms with E-state index in [1.54, 1.807) is 6.08 Å². The molecule has 1 aromatic carbocycles. The highest BCUT2D eigenvalue weighted by Gasteiger charge is 2.00. The molecule has 0 atom stereocenters. The van der Waals surface area contributed by atoms with Gasteiger partial charge in [0.05, 0.1) is 6.61 Å². The SMILES string of the molecule is CCCCCCCCOc1ccccc1/C=C/C(=O)O. The van der Waals surface area contributed by atoms with Crippen LogP contribution >= 0.6 is 0 Å². The molecule has 0 aliphatic heterocycles. The molecule has 0 bridgehead atoms. The van der Waals surface area contributed by atoms with Crippen LogP contribution in [0.1, 0.15) is 51.0 Å². The zero-order valence-electron chi connectivity index (χ0n) is 12.2. The Bertz CT molecular complexity index is 424. The second kappa shape index (κ2) is 10.1. The number of carboxylic acid groups (broad SMARTS) is 1. The molecule has 0 aliphatic rings. The van der Waals surface area contributed by atoms with E-state index in [9.17, 15) is 4.79 Å². The maximum atomic E-state index is 10.5. The van der Waals surface area contributed by atoms with Gasteiger partial charge in [0.25, 0.3) is 0 Å². The van der Waals surface area contributed by atoms with Gasteiger partial charge >= 0.3 is 5.97 Å². The Balaban J connectivity index is 2.34. The predicted molar refractivity (Wildman–Crippen MR) is 82.0 cm³/mol. The van der Waals surface area contributed by atoms with E-state index >= 15 is 0 Å². The lowest BCUT2D eigenvalue weighted by Crippen LogP contribution is -1.99. The Kier molecular flexibility index (Phi) is 8.20. The molecule has 0 amide bonds. The number of hydrogen-bond acceptors (Lipinski definition) is 2. The predicted octanol–water partition coefficient (Wildman–Crippen LogP) is 4.52. The highest BCUT2D eigenvalue weighted by molar-refractivity contribution is 5.85. The Labute approximate surface area is 121 Å². The minimum Gasteiger partial charge on any atom is -0.493 e. The average Bonchev–Trinajstić information content (AvgIpc) is 2.45. The fraction of sp³-hybridized carbons (Fsp3) is 0.471. The Hall–Kier alpha value is -1.77. The fourth-order valence-corrected chi connectivity index (χ4v) is 1.98. The zero-order chi connectivity index (χ0) is 14.6. The van der Waals surface area contributed by atoms with Gasteiger partial charge in [-0.25, -0.2) is 4.79 Å². The standard InChI is InChI=1S/C17H24O3/c1-2-3-4-5-6-9-14-20-16-11-8-7-10-15(16)12-13-17(18)19/h7-8,10-13H,2-6,9,14H2,1H3,(H,18,19)/b13-12+. The molecule has 0 spiro atoms. The normalized spacial score (nSPS) is 10.8. The van der Waals surface area contributed by atoms with Crippen molar-refractivity contribution >= 4 is 12.0 Å². The van der Waals surface area contributed by atoms with Gasteiger partial charge in [0.1, 0.15) is 5.75 Å². The summed E-state index contributed by atoms with van der Waals surface area (Å²) in [4.78, 5) is 10.5. The van der Waals surface area contributed by atoms with Gasteiger partial charge in [-0.3, -0.25) is 0 Å². The molecule has 1 aromatic rings. The Morgan fingerprint density at radius 2 is 1.85 bits per heavy atom. The van der Waals surface area contributed by atoms with E-state index in [-0.39, 0.29) is 0 Å². The molecule has 0 fully saturated rings. The van der Waals surface area contributed by atoms with Crippen LogP contribution in [0.3, 0.4) is 0 Å². The second-order valence-electron chi connectivity index (χ2n) is 4.83. The minimum atomic E-state index is -0.948. The van der Waals surface area contributed by atoms with E-state index in [0.717, 1.165) is 23.8 Å². The maximum absolute atomic E-state index is 10.5. The summed E-state index contributed by atoms with van der Waals surface area (Å²) in [6, 6.07) is 7.50. The first-order valence-electron chi connectivity index (χ1n) is 7.37. The van der Waals surface area contributed by atoms with Crippen molar-refractivity contribution in [3.05, 3.63) is 35.9 Å². The number of para-hydroxylation sites is 1. The van der Waals surface area contributed by atoms with Crippen molar-refractivity contribution < 1.29 is 14.6 Å². The van der Waals surface area contributed by atoms with Crippen LogP contribution in [0, 0.1) is 0 Å². The van der Waals surface area contributed by atoms with E-state index in [4.69, 9.17) is 9.84 Å². The van der Waals surface area contributed by atoms with Crippen LogP contribution in [0.5, 0.6) is 5.75 Å². The molecule has 0 saturated heterocycles. The number of ether oxygens (including phenoxy) is 1. The first kappa shape index (κ1) is 16.3. The summed E-state index contributed by atoms with van der Waals surface area (Å²) in [5, 5.41) is 8.65. The third-order valence-corrected chi connectivity index (χ3v) is 3.08. The van der Waals surface area contributed by atoms with Gasteiger partial charge in [0, 0.05) is 11.6 Å². The van der Waals surface area contributed by atoms with Crippen molar-refractivity contribution in [3.63, 3.8) is 0 Å². The molecule has 3 nitrogen and oxygen atoms in total. The van der Waals surface area contributed by atoms with Gasteiger partial charge in [-0.05, 0) is 18.6 Å². The van der Waals surface area contributed by atoms with Crippen molar-refractivity contribution in [1.82, 2.24) is 0 Å². The van der Waals surface area contributed by atoms with E-state index in [0.29, 0.717) is 6.61 Å². The molecule has 0 radical (unpaired) electrons. The van der Waals surface area contributed by atoms with E-state index < -0.39 is 5.97 Å². The monoisotopic (exact) mass is 276 g/mol. The molecule has 1 N–H and O–H groups in total. The zero-order valence-corrected chi connectivity index (χ0v) is 12.2. The van der Waals surface area contributed by atoms with Crippen LogP contribution in [0.25, 0.3) is 6.08 Å². The molecule has 0 unspecified atom stereocenters. The van der Waals surface area contributed by atoms with Gasteiger partial charge in [0.15, 0.2) is 0 Å². The van der Waals surface area contributed by atoms with Crippen molar-refractivity contribution in [2.75, 3.05) is 6.61 Å². The van der Waals surface area contributed by atoms with Crippen LogP contribution in [-0.2, 0) is 4.79 Å². The van der Waals surface area contributed by atoms with Gasteiger partial charge in [-0.1, -0.05) is 57.2 Å². The largest absolute Gasteiger partial charge is 0.493 e. The summed E-state index contributed by atoms with van der Waals surface area (Å²) < 4.78 is 5.73. The molecule has 20 heavy (non-hydrogen) atoms. The van der Waals surface area contributed by atoms with Crippen LogP contribution in [0.2, 0.25) is 0 Å². The number of carboxylic acids is 1. The summed E-state index contributed by atoms with van der Waals surface area (Å²) in [5.41, 5.74) is 0.806. The van der Waals surface area contributed by atoms with Gasteiger partial charge in [-0.2, -0.15) is 0 Å². The number of benzene rings is 1. The number of rotatable bonds is 10. The fourth-order valence-electron chi connectivity index (χ4n) is 1.98. The van der Waals surface area contributed by atoms with Crippen molar-refractivity contribution in [2.45, 2.75) is 45.4 Å². The second-order valence-corrected chi connectivity index (χ2v) is 4.83. The Morgan fingerprint density at radius 1 is 1.15 bits per heavy atom. The lowest BCUT2D eigenvalue weighted by molar-refractivity contribution is -0.131. The smallest absolute Gasteiger partial charge is 0.328 e. The maximum Gasteiger partial charge on any atom is 0.328 e. The average molecular weight is 276 g/mol. The van der Waals surface area contributed by atoms with Crippen molar-refractivity contribution in [2.24, 2.45) is 0 Å². The van der Waals surface area contributed by atoms with Gasteiger partial charge in [0.2, 0.25) is 0 Å². The third kappa shape index (κ3) is 6.98. The molecule has 110 valence electrons. The summed E-state index contributed by atoms with van der Waals surface area (Å²) in [6.45, 7) is 2.90.